The van der Waals surface area contributed by atoms with E-state index in [0.29, 0.717) is 37.5 Å². The normalized spacial score (nSPS) is 14.5. The maximum Gasteiger partial charge on any atom is 0.436 e. The molecule has 168 valence electrons. The van der Waals surface area contributed by atoms with Crippen LogP contribution >= 0.6 is 0 Å². The minimum atomic E-state index is -0.635. The molecule has 3 aromatic rings. The second kappa shape index (κ2) is 8.65. The van der Waals surface area contributed by atoms with Gasteiger partial charge in [0.05, 0.1) is 5.69 Å². The molecule has 12 heteroatoms. The van der Waals surface area contributed by atoms with E-state index in [1.165, 1.54) is 25.2 Å². The van der Waals surface area contributed by atoms with E-state index in [-0.39, 0.29) is 23.1 Å². The van der Waals surface area contributed by atoms with Gasteiger partial charge in [-0.05, 0) is 43.2 Å². The summed E-state index contributed by atoms with van der Waals surface area (Å²) in [5, 5.41) is 17.1. The van der Waals surface area contributed by atoms with Crippen LogP contribution in [0.15, 0.2) is 44.0 Å². The molecule has 4 rings (SSSR count). The summed E-state index contributed by atoms with van der Waals surface area (Å²) in [6, 6.07) is 7.03. The van der Waals surface area contributed by atoms with Crippen molar-refractivity contribution in [1.82, 2.24) is 9.78 Å². The molecule has 1 N–H and O–H groups in total. The molecule has 1 aliphatic heterocycles. The first-order valence-electron chi connectivity index (χ1n) is 9.90. The summed E-state index contributed by atoms with van der Waals surface area (Å²) in [4.78, 5) is 35.6. The Labute approximate surface area is 180 Å². The van der Waals surface area contributed by atoms with Crippen LogP contribution in [0.25, 0.3) is 0 Å². The predicted octanol–water partition coefficient (Wildman–Crippen LogP) is 2.52. The lowest BCUT2D eigenvalue weighted by atomic mass is 9.96. The maximum atomic E-state index is 14.7. The van der Waals surface area contributed by atoms with Crippen molar-refractivity contribution in [2.45, 2.75) is 25.3 Å². The Hall–Kier alpha value is -3.96. The van der Waals surface area contributed by atoms with Crippen molar-refractivity contribution >= 4 is 17.3 Å². The molecule has 0 unspecified atom stereocenters. The molecule has 32 heavy (non-hydrogen) atoms. The van der Waals surface area contributed by atoms with Crippen LogP contribution in [0.4, 0.5) is 15.8 Å². The number of carbonyl (C=O) groups excluding carboxylic acids is 1. The Balaban J connectivity index is 1.38. The van der Waals surface area contributed by atoms with E-state index in [1.54, 1.807) is 12.1 Å². The zero-order chi connectivity index (χ0) is 22.8. The van der Waals surface area contributed by atoms with Crippen molar-refractivity contribution in [2.75, 3.05) is 23.3 Å². The van der Waals surface area contributed by atoms with Gasteiger partial charge in [-0.3, -0.25) is 14.9 Å². The molecule has 0 spiro atoms. The minimum Gasteiger partial charge on any atom is -0.449 e. The number of carbonyl (C=O) groups is 1. The Morgan fingerprint density at radius 2 is 2.03 bits per heavy atom. The molecule has 1 aromatic carbocycles. The van der Waals surface area contributed by atoms with Crippen LogP contribution in [-0.4, -0.2) is 33.7 Å². The first-order valence-corrected chi connectivity index (χ1v) is 9.90. The third kappa shape index (κ3) is 4.53. The number of anilines is 2. The SMILES string of the molecule is Cn1nc(C2CCN(c3ccc(NC(=O)c4ccc(C[N+](=O)[O-])o4)cc3F)CC2)oc1=O. The van der Waals surface area contributed by atoms with Gasteiger partial charge in [-0.25, -0.2) is 9.18 Å². The number of amides is 1. The topological polar surface area (TPSA) is 137 Å². The van der Waals surface area contributed by atoms with E-state index in [1.807, 2.05) is 4.90 Å². The van der Waals surface area contributed by atoms with Gasteiger partial charge in [0, 0.05) is 36.7 Å². The molecule has 0 radical (unpaired) electrons. The predicted molar refractivity (Wildman–Crippen MR) is 110 cm³/mol. The Kier molecular flexibility index (Phi) is 5.75. The van der Waals surface area contributed by atoms with Gasteiger partial charge in [-0.2, -0.15) is 4.68 Å². The second-order valence-electron chi connectivity index (χ2n) is 7.47. The van der Waals surface area contributed by atoms with Crippen molar-refractivity contribution in [3.8, 4) is 0 Å². The van der Waals surface area contributed by atoms with E-state index in [4.69, 9.17) is 8.83 Å². The van der Waals surface area contributed by atoms with E-state index >= 15 is 0 Å². The summed E-state index contributed by atoms with van der Waals surface area (Å²) in [6.07, 6.45) is 1.31. The van der Waals surface area contributed by atoms with Gasteiger partial charge in [0.1, 0.15) is 5.82 Å². The first-order chi connectivity index (χ1) is 15.3. The lowest BCUT2D eigenvalue weighted by Crippen LogP contribution is -2.33. The van der Waals surface area contributed by atoms with Gasteiger partial charge in [0.15, 0.2) is 11.5 Å². The number of rotatable bonds is 6. The standard InChI is InChI=1S/C20H20FN5O6/c1-24-20(28)32-19(23-24)12-6-8-25(9-7-12)16-4-2-13(10-15(16)21)22-18(27)17-5-3-14(31-17)11-26(29)30/h2-5,10,12H,6-9,11H2,1H3,(H,22,27). The van der Waals surface area contributed by atoms with Gasteiger partial charge in [0.2, 0.25) is 5.89 Å². The number of benzene rings is 1. The van der Waals surface area contributed by atoms with Gasteiger partial charge >= 0.3 is 5.76 Å². The second-order valence-corrected chi connectivity index (χ2v) is 7.47. The van der Waals surface area contributed by atoms with Gasteiger partial charge in [0.25, 0.3) is 12.5 Å². The fourth-order valence-electron chi connectivity index (χ4n) is 3.64. The lowest BCUT2D eigenvalue weighted by molar-refractivity contribution is -0.499. The highest BCUT2D eigenvalue weighted by Crippen LogP contribution is 2.31. The number of furan rings is 1. The zero-order valence-corrected chi connectivity index (χ0v) is 17.1. The highest BCUT2D eigenvalue weighted by molar-refractivity contribution is 6.02. The van der Waals surface area contributed by atoms with Gasteiger partial charge in [-0.1, -0.05) is 0 Å². The molecule has 2 aromatic heterocycles. The lowest BCUT2D eigenvalue weighted by Gasteiger charge is -2.32. The average Bonchev–Trinajstić information content (AvgIpc) is 3.34. The Bertz CT molecular complexity index is 1210. The highest BCUT2D eigenvalue weighted by Gasteiger charge is 2.26. The summed E-state index contributed by atoms with van der Waals surface area (Å²) in [5.74, 6) is -1.30. The summed E-state index contributed by atoms with van der Waals surface area (Å²) < 4.78 is 26.2. The van der Waals surface area contributed by atoms with Crippen LogP contribution in [-0.2, 0) is 13.6 Å². The zero-order valence-electron chi connectivity index (χ0n) is 17.1. The number of aromatic nitrogens is 2. The smallest absolute Gasteiger partial charge is 0.436 e. The van der Waals surface area contributed by atoms with E-state index in [0.717, 1.165) is 4.68 Å². The van der Waals surface area contributed by atoms with Gasteiger partial charge < -0.3 is 19.1 Å². The van der Waals surface area contributed by atoms with E-state index in [9.17, 15) is 24.1 Å². The van der Waals surface area contributed by atoms with Crippen LogP contribution in [0, 0.1) is 15.9 Å². The van der Waals surface area contributed by atoms with E-state index < -0.39 is 28.9 Å². The molecular formula is C20H20FN5O6. The largest absolute Gasteiger partial charge is 0.449 e. The number of halogens is 1. The summed E-state index contributed by atoms with van der Waals surface area (Å²) in [6.45, 7) is 0.582. The number of nitrogens with one attached hydrogen (secondary N) is 1. The third-order valence-corrected chi connectivity index (χ3v) is 5.27. The number of piperidine rings is 1. The molecule has 0 bridgehead atoms. The monoisotopic (exact) mass is 445 g/mol. The number of nitrogens with zero attached hydrogens (tertiary/aromatic N) is 4. The van der Waals surface area contributed by atoms with Crippen LogP contribution in [0.5, 0.6) is 0 Å². The first kappa shape index (κ1) is 21.3. The molecule has 1 amide bonds. The molecule has 11 nitrogen and oxygen atoms in total. The average molecular weight is 445 g/mol. The Morgan fingerprint density at radius 3 is 2.66 bits per heavy atom. The van der Waals surface area contributed by atoms with Crippen molar-refractivity contribution < 1.29 is 22.9 Å². The summed E-state index contributed by atoms with van der Waals surface area (Å²) >= 11 is 0. The molecule has 0 atom stereocenters. The Morgan fingerprint density at radius 1 is 1.28 bits per heavy atom. The van der Waals surface area contributed by atoms with Crippen molar-refractivity contribution in [3.05, 3.63) is 74.2 Å². The number of hydrogen-bond donors (Lipinski definition) is 1. The van der Waals surface area contributed by atoms with Crippen LogP contribution in [0.1, 0.15) is 41.0 Å². The molecule has 3 heterocycles. The van der Waals surface area contributed by atoms with Crippen LogP contribution in [0.2, 0.25) is 0 Å². The number of aryl methyl sites for hydroxylation is 1. The summed E-state index contributed by atoms with van der Waals surface area (Å²) in [7, 11) is 1.53. The van der Waals surface area contributed by atoms with Crippen molar-refractivity contribution in [3.63, 3.8) is 0 Å². The van der Waals surface area contributed by atoms with Crippen molar-refractivity contribution in [1.29, 1.82) is 0 Å². The molecule has 1 aliphatic rings. The van der Waals surface area contributed by atoms with Gasteiger partial charge in [-0.15, -0.1) is 5.10 Å². The van der Waals surface area contributed by atoms with Crippen LogP contribution < -0.4 is 16.0 Å². The molecule has 0 saturated carbocycles. The molecular weight excluding hydrogens is 425 g/mol. The van der Waals surface area contributed by atoms with Crippen molar-refractivity contribution in [2.24, 2.45) is 7.05 Å². The third-order valence-electron chi connectivity index (χ3n) is 5.27. The molecule has 1 saturated heterocycles. The molecule has 0 aliphatic carbocycles. The van der Waals surface area contributed by atoms with Crippen LogP contribution in [0.3, 0.4) is 0 Å². The summed E-state index contributed by atoms with van der Waals surface area (Å²) in [5.41, 5.74) is 0.629. The fourth-order valence-corrected chi connectivity index (χ4v) is 3.64. The molecule has 1 fully saturated rings. The highest BCUT2D eigenvalue weighted by atomic mass is 19.1. The number of hydrogen-bond acceptors (Lipinski definition) is 8. The fraction of sp³-hybridized carbons (Fsp3) is 0.350. The minimum absolute atomic E-state index is 0.00438. The quantitative estimate of drug-likeness (QED) is 0.451. The number of nitro groups is 1. The van der Waals surface area contributed by atoms with E-state index in [2.05, 4.69) is 10.4 Å². The maximum absolute atomic E-state index is 14.7.